The van der Waals surface area contributed by atoms with Gasteiger partial charge in [0.1, 0.15) is 0 Å². The van der Waals surface area contributed by atoms with Crippen LogP contribution in [0.4, 0.5) is 0 Å². The zero-order chi connectivity index (χ0) is 12.9. The molecule has 0 bridgehead atoms. The fraction of sp³-hybridized carbons (Fsp3) is 0.278. The first-order chi connectivity index (χ1) is 9.45. The molecular weight excluding hydrogens is 230 g/mol. The summed E-state index contributed by atoms with van der Waals surface area (Å²) in [6.45, 7) is 2.32. The molecule has 0 aliphatic carbocycles. The second-order valence-corrected chi connectivity index (χ2v) is 5.13. The Labute approximate surface area is 115 Å². The van der Waals surface area contributed by atoms with Crippen molar-refractivity contribution in [2.45, 2.75) is 18.9 Å². The van der Waals surface area contributed by atoms with Crippen LogP contribution in [0.25, 0.3) is 0 Å². The summed E-state index contributed by atoms with van der Waals surface area (Å²) in [6, 6.07) is 22.1. The zero-order valence-electron chi connectivity index (χ0n) is 11.2. The van der Waals surface area contributed by atoms with Crippen LogP contribution < -0.4 is 0 Å². The minimum atomic E-state index is 0.399. The number of piperidine rings is 1. The third-order valence-electron chi connectivity index (χ3n) is 3.84. The molecule has 1 aliphatic heterocycles. The van der Waals surface area contributed by atoms with E-state index in [0.717, 1.165) is 13.1 Å². The number of hydrogen-bond acceptors (Lipinski definition) is 1. The summed E-state index contributed by atoms with van der Waals surface area (Å²) < 4.78 is 0. The molecule has 1 nitrogen and oxygen atoms in total. The summed E-state index contributed by atoms with van der Waals surface area (Å²) in [5, 5.41) is 0. The normalized spacial score (nSPS) is 16.7. The van der Waals surface area contributed by atoms with Crippen molar-refractivity contribution in [3.05, 3.63) is 78.2 Å². The Morgan fingerprint density at radius 2 is 1.16 bits per heavy atom. The first-order valence-corrected chi connectivity index (χ1v) is 7.11. The average Bonchev–Trinajstić information content (AvgIpc) is 2.51. The highest BCUT2D eigenvalue weighted by molar-refractivity contribution is 5.31. The maximum atomic E-state index is 2.60. The van der Waals surface area contributed by atoms with Crippen LogP contribution in [0.5, 0.6) is 0 Å². The molecule has 1 heteroatoms. The van der Waals surface area contributed by atoms with E-state index in [1.165, 1.54) is 24.0 Å². The summed E-state index contributed by atoms with van der Waals surface area (Å²) in [5.74, 6) is 0. The third kappa shape index (κ3) is 2.87. The van der Waals surface area contributed by atoms with Crippen LogP contribution in [-0.2, 0) is 0 Å². The van der Waals surface area contributed by atoms with E-state index in [1.54, 1.807) is 0 Å². The molecule has 0 spiro atoms. The number of hydrogen-bond donors (Lipinski definition) is 0. The van der Waals surface area contributed by atoms with Crippen LogP contribution in [0.15, 0.2) is 60.7 Å². The maximum Gasteiger partial charge on any atom is 0.0601 e. The predicted octanol–water partition coefficient (Wildman–Crippen LogP) is 4.08. The largest absolute Gasteiger partial charge is 0.292 e. The van der Waals surface area contributed by atoms with E-state index >= 15 is 0 Å². The highest BCUT2D eigenvalue weighted by atomic mass is 15.2. The molecule has 19 heavy (non-hydrogen) atoms. The van der Waals surface area contributed by atoms with Gasteiger partial charge in [-0.05, 0) is 43.5 Å². The smallest absolute Gasteiger partial charge is 0.0601 e. The number of rotatable bonds is 3. The molecule has 1 saturated heterocycles. The van der Waals surface area contributed by atoms with Gasteiger partial charge in [0.05, 0.1) is 6.04 Å². The molecule has 1 fully saturated rings. The lowest BCUT2D eigenvalue weighted by Gasteiger charge is -2.35. The SMILES string of the molecule is [CH]1CCN(C(c2ccccc2)c2ccccc2)CC1. The molecule has 3 rings (SSSR count). The van der Waals surface area contributed by atoms with E-state index in [4.69, 9.17) is 0 Å². The maximum absolute atomic E-state index is 2.60. The third-order valence-corrected chi connectivity index (χ3v) is 3.84. The molecular formula is C18H20N. The second kappa shape index (κ2) is 6.03. The molecule has 2 aromatic carbocycles. The van der Waals surface area contributed by atoms with Crippen molar-refractivity contribution in [3.63, 3.8) is 0 Å². The van der Waals surface area contributed by atoms with Crippen LogP contribution in [0.1, 0.15) is 30.0 Å². The van der Waals surface area contributed by atoms with Gasteiger partial charge >= 0.3 is 0 Å². The Morgan fingerprint density at radius 1 is 0.684 bits per heavy atom. The van der Waals surface area contributed by atoms with Crippen LogP contribution in [0, 0.1) is 6.42 Å². The molecule has 0 unspecified atom stereocenters. The van der Waals surface area contributed by atoms with Gasteiger partial charge < -0.3 is 0 Å². The van der Waals surface area contributed by atoms with Crippen LogP contribution in [0.3, 0.4) is 0 Å². The minimum Gasteiger partial charge on any atom is -0.292 e. The molecule has 0 amide bonds. The van der Waals surface area contributed by atoms with Gasteiger partial charge in [0.25, 0.3) is 0 Å². The Bertz CT molecular complexity index is 446. The Hall–Kier alpha value is -1.60. The van der Waals surface area contributed by atoms with Crippen molar-refractivity contribution >= 4 is 0 Å². The van der Waals surface area contributed by atoms with Gasteiger partial charge in [-0.15, -0.1) is 0 Å². The van der Waals surface area contributed by atoms with Gasteiger partial charge in [0.15, 0.2) is 0 Å². The van der Waals surface area contributed by atoms with Crippen LogP contribution in [-0.4, -0.2) is 18.0 Å². The Balaban J connectivity index is 1.96. The van der Waals surface area contributed by atoms with Crippen molar-refractivity contribution in [1.29, 1.82) is 0 Å². The lowest BCUT2D eigenvalue weighted by molar-refractivity contribution is 0.208. The monoisotopic (exact) mass is 250 g/mol. The summed E-state index contributed by atoms with van der Waals surface area (Å²) in [7, 11) is 0. The summed E-state index contributed by atoms with van der Waals surface area (Å²) in [5.41, 5.74) is 2.80. The predicted molar refractivity (Wildman–Crippen MR) is 79.8 cm³/mol. The van der Waals surface area contributed by atoms with Crippen LogP contribution in [0.2, 0.25) is 0 Å². The fourth-order valence-electron chi connectivity index (χ4n) is 2.91. The summed E-state index contributed by atoms with van der Waals surface area (Å²) >= 11 is 0. The first kappa shape index (κ1) is 12.4. The molecule has 1 radical (unpaired) electrons. The van der Waals surface area contributed by atoms with Crippen LogP contribution >= 0.6 is 0 Å². The summed E-state index contributed by atoms with van der Waals surface area (Å²) in [6.07, 6.45) is 4.82. The second-order valence-electron chi connectivity index (χ2n) is 5.13. The topological polar surface area (TPSA) is 3.24 Å². The lowest BCUT2D eigenvalue weighted by atomic mass is 9.95. The number of nitrogens with zero attached hydrogens (tertiary/aromatic N) is 1. The van der Waals surface area contributed by atoms with Gasteiger partial charge in [-0.2, -0.15) is 0 Å². The van der Waals surface area contributed by atoms with Crippen molar-refractivity contribution in [2.24, 2.45) is 0 Å². The van der Waals surface area contributed by atoms with E-state index in [0.29, 0.717) is 6.04 Å². The number of benzene rings is 2. The van der Waals surface area contributed by atoms with E-state index < -0.39 is 0 Å². The highest BCUT2D eigenvalue weighted by Crippen LogP contribution is 2.30. The van der Waals surface area contributed by atoms with Crippen molar-refractivity contribution < 1.29 is 0 Å². The molecule has 0 N–H and O–H groups in total. The molecule has 0 saturated carbocycles. The van der Waals surface area contributed by atoms with Gasteiger partial charge in [0.2, 0.25) is 0 Å². The first-order valence-electron chi connectivity index (χ1n) is 7.11. The van der Waals surface area contributed by atoms with E-state index in [-0.39, 0.29) is 0 Å². The molecule has 97 valence electrons. The van der Waals surface area contributed by atoms with Gasteiger partial charge in [-0.25, -0.2) is 0 Å². The van der Waals surface area contributed by atoms with Gasteiger partial charge in [-0.1, -0.05) is 60.7 Å². The molecule has 1 heterocycles. The van der Waals surface area contributed by atoms with Crippen molar-refractivity contribution in [1.82, 2.24) is 4.90 Å². The Morgan fingerprint density at radius 3 is 1.63 bits per heavy atom. The van der Waals surface area contributed by atoms with Gasteiger partial charge in [0, 0.05) is 0 Å². The average molecular weight is 250 g/mol. The molecule has 0 aromatic heterocycles. The quantitative estimate of drug-likeness (QED) is 0.793. The van der Waals surface area contributed by atoms with E-state index in [2.05, 4.69) is 72.0 Å². The van der Waals surface area contributed by atoms with Crippen molar-refractivity contribution in [3.8, 4) is 0 Å². The van der Waals surface area contributed by atoms with E-state index in [9.17, 15) is 0 Å². The number of likely N-dealkylation sites (tertiary alicyclic amines) is 1. The zero-order valence-corrected chi connectivity index (χ0v) is 11.2. The van der Waals surface area contributed by atoms with Crippen molar-refractivity contribution in [2.75, 3.05) is 13.1 Å². The van der Waals surface area contributed by atoms with Gasteiger partial charge in [-0.3, -0.25) is 4.90 Å². The molecule has 2 aromatic rings. The summed E-state index contributed by atoms with van der Waals surface area (Å²) in [4.78, 5) is 2.60. The van der Waals surface area contributed by atoms with E-state index in [1.807, 2.05) is 0 Å². The standard InChI is InChI=1S/C18H20N/c1-4-10-16(11-5-1)18(17-12-6-2-7-13-17)19-14-8-3-9-15-19/h1-7,10-13,18H,8-9,14-15H2. The fourth-order valence-corrected chi connectivity index (χ4v) is 2.91. The minimum absolute atomic E-state index is 0.399. The highest BCUT2D eigenvalue weighted by Gasteiger charge is 2.23. The molecule has 1 aliphatic rings. The Kier molecular flexibility index (Phi) is 3.95. The lowest BCUT2D eigenvalue weighted by Crippen LogP contribution is -2.34. The molecule has 0 atom stereocenters.